The topological polar surface area (TPSA) is 72.9 Å². The average molecular weight is 416 g/mol. The minimum absolute atomic E-state index is 0.0487. The molecule has 7 heteroatoms. The zero-order chi connectivity index (χ0) is 21.3. The maximum Gasteiger partial charge on any atom is 0.340 e. The van der Waals surface area contributed by atoms with Crippen molar-refractivity contribution in [3.63, 3.8) is 0 Å². The summed E-state index contributed by atoms with van der Waals surface area (Å²) in [6.07, 6.45) is 2.73. The number of fused-ring (bicyclic) bond motifs is 3. The molecule has 3 unspecified atom stereocenters. The molecule has 1 spiro atoms. The summed E-state index contributed by atoms with van der Waals surface area (Å²) in [6, 6.07) is -0.265. The third kappa shape index (κ3) is 2.72. The molecule has 4 atom stereocenters. The molecule has 3 fully saturated rings. The minimum Gasteiger partial charge on any atom is -0.430 e. The van der Waals surface area contributed by atoms with Gasteiger partial charge in [0.15, 0.2) is 5.60 Å². The van der Waals surface area contributed by atoms with E-state index in [2.05, 4.69) is 13.8 Å². The first-order chi connectivity index (χ1) is 12.7. The van der Waals surface area contributed by atoms with Crippen LogP contribution in [0.3, 0.4) is 0 Å². The Labute approximate surface area is 170 Å². The number of hydrogen-bond acceptors (Lipinski definition) is 5. The largest absolute Gasteiger partial charge is 0.430 e. The molecule has 0 aromatic heterocycles. The summed E-state index contributed by atoms with van der Waals surface area (Å²) < 4.78 is 41.3. The zero-order valence-electron chi connectivity index (χ0n) is 18.7. The second-order valence-corrected chi connectivity index (χ2v) is 12.2. The molecule has 0 aromatic rings. The second-order valence-electron chi connectivity index (χ2n) is 10.3. The molecule has 162 valence electrons. The van der Waals surface area contributed by atoms with E-state index in [-0.39, 0.29) is 35.1 Å². The molecular formula is C21H37NO5S. The number of carbonyl (C=O) groups is 1. The van der Waals surface area contributed by atoms with Gasteiger partial charge >= 0.3 is 5.97 Å². The highest BCUT2D eigenvalue weighted by molar-refractivity contribution is 7.89. The van der Waals surface area contributed by atoms with Crippen molar-refractivity contribution in [3.8, 4) is 0 Å². The van der Waals surface area contributed by atoms with Gasteiger partial charge in [-0.2, -0.15) is 4.31 Å². The number of sulfonamides is 1. The Hall–Kier alpha value is -0.660. The molecule has 2 aliphatic carbocycles. The Kier molecular flexibility index (Phi) is 5.05. The number of carbonyl (C=O) groups excluding carboxylic acids is 1. The smallest absolute Gasteiger partial charge is 0.340 e. The highest BCUT2D eigenvalue weighted by Crippen LogP contribution is 2.73. The van der Waals surface area contributed by atoms with Gasteiger partial charge < -0.3 is 9.47 Å². The Bertz CT molecular complexity index is 753. The fourth-order valence-corrected chi connectivity index (χ4v) is 9.02. The van der Waals surface area contributed by atoms with E-state index in [1.807, 2.05) is 34.6 Å². The van der Waals surface area contributed by atoms with Gasteiger partial charge in [0, 0.05) is 18.5 Å². The van der Waals surface area contributed by atoms with Gasteiger partial charge in [0.25, 0.3) is 0 Å². The van der Waals surface area contributed by atoms with E-state index in [1.54, 1.807) is 11.2 Å². The van der Waals surface area contributed by atoms with E-state index >= 15 is 0 Å². The molecule has 1 aliphatic heterocycles. The van der Waals surface area contributed by atoms with Crippen LogP contribution in [-0.2, 0) is 24.3 Å². The summed E-state index contributed by atoms with van der Waals surface area (Å²) in [4.78, 5) is 12.7. The van der Waals surface area contributed by atoms with Crippen molar-refractivity contribution in [2.24, 2.45) is 16.7 Å². The third-order valence-corrected chi connectivity index (χ3v) is 10.3. The molecule has 6 nitrogen and oxygen atoms in total. The monoisotopic (exact) mass is 415 g/mol. The third-order valence-electron chi connectivity index (χ3n) is 7.94. The van der Waals surface area contributed by atoms with Gasteiger partial charge in [-0.15, -0.1) is 0 Å². The number of rotatable bonds is 6. The Morgan fingerprint density at radius 2 is 1.71 bits per heavy atom. The van der Waals surface area contributed by atoms with Crippen molar-refractivity contribution in [3.05, 3.63) is 0 Å². The Balaban J connectivity index is 2.09. The molecule has 0 aromatic carbocycles. The van der Waals surface area contributed by atoms with Crippen LogP contribution < -0.4 is 0 Å². The van der Waals surface area contributed by atoms with E-state index < -0.39 is 26.8 Å². The van der Waals surface area contributed by atoms with Crippen molar-refractivity contribution >= 4 is 16.0 Å². The van der Waals surface area contributed by atoms with Crippen LogP contribution in [0.15, 0.2) is 0 Å². The maximum atomic E-state index is 13.6. The highest BCUT2D eigenvalue weighted by atomic mass is 32.2. The first kappa shape index (κ1) is 22.0. The molecule has 1 saturated heterocycles. The average Bonchev–Trinajstić information content (AvgIpc) is 2.98. The fraction of sp³-hybridized carbons (Fsp3) is 0.952. The van der Waals surface area contributed by atoms with Crippen molar-refractivity contribution in [2.75, 3.05) is 5.75 Å². The maximum absolute atomic E-state index is 13.6. The lowest BCUT2D eigenvalue weighted by atomic mass is 9.68. The molecule has 1 heterocycles. The van der Waals surface area contributed by atoms with Crippen LogP contribution in [0.5, 0.6) is 0 Å². The summed E-state index contributed by atoms with van der Waals surface area (Å²) >= 11 is 0. The van der Waals surface area contributed by atoms with Gasteiger partial charge in [-0.25, -0.2) is 13.2 Å². The van der Waals surface area contributed by atoms with E-state index in [0.717, 1.165) is 6.42 Å². The van der Waals surface area contributed by atoms with Crippen LogP contribution in [0.1, 0.15) is 81.1 Å². The summed E-state index contributed by atoms with van der Waals surface area (Å²) in [6.45, 7) is 15.5. The lowest BCUT2D eigenvalue weighted by Crippen LogP contribution is -2.57. The van der Waals surface area contributed by atoms with Crippen LogP contribution in [0, 0.1) is 16.7 Å². The lowest BCUT2D eigenvalue weighted by Gasteiger charge is -2.47. The quantitative estimate of drug-likeness (QED) is 0.619. The number of hydrogen-bond donors (Lipinski definition) is 0. The van der Waals surface area contributed by atoms with Gasteiger partial charge in [0.1, 0.15) is 0 Å². The van der Waals surface area contributed by atoms with Crippen LogP contribution in [0.25, 0.3) is 0 Å². The molecule has 0 amide bonds. The molecule has 0 radical (unpaired) electrons. The Morgan fingerprint density at radius 1 is 1.14 bits per heavy atom. The van der Waals surface area contributed by atoms with Crippen molar-refractivity contribution in [1.82, 2.24) is 4.31 Å². The molecule has 2 bridgehead atoms. The molecule has 3 rings (SSSR count). The first-order valence-corrected chi connectivity index (χ1v) is 12.2. The predicted octanol–water partition coefficient (Wildman–Crippen LogP) is 3.70. The number of ether oxygens (including phenoxy) is 2. The normalized spacial score (nSPS) is 39.7. The SMILES string of the molecule is CC[C@]1(C)OC2(CC3CCC2(CS(=O)(=O)N(C(C)C)C(C)C)C3(C)C)OC1=O. The van der Waals surface area contributed by atoms with Crippen LogP contribution in [0.4, 0.5) is 0 Å². The lowest BCUT2D eigenvalue weighted by molar-refractivity contribution is -0.253. The second kappa shape index (κ2) is 6.42. The number of esters is 1. The standard InChI is InChI=1S/C21H37NO5S/c1-9-19(8)17(23)26-21(27-19)12-16-10-11-20(21,18(16,6)7)13-28(24,25)22(14(2)3)15(4)5/h14-16H,9-13H2,1-8H3/t16?,19-,20?,21?/m0/s1. The molecular weight excluding hydrogens is 378 g/mol. The van der Waals surface area contributed by atoms with Crippen molar-refractivity contribution in [1.29, 1.82) is 0 Å². The predicted molar refractivity (Wildman–Crippen MR) is 108 cm³/mol. The summed E-state index contributed by atoms with van der Waals surface area (Å²) in [5.74, 6) is -1.28. The van der Waals surface area contributed by atoms with Gasteiger partial charge in [-0.1, -0.05) is 20.8 Å². The van der Waals surface area contributed by atoms with Crippen LogP contribution in [-0.4, -0.2) is 47.9 Å². The van der Waals surface area contributed by atoms with Gasteiger partial charge in [-0.05, 0) is 65.2 Å². The summed E-state index contributed by atoms with van der Waals surface area (Å²) in [5, 5.41) is 0. The molecule has 2 saturated carbocycles. The van der Waals surface area contributed by atoms with Gasteiger partial charge in [-0.3, -0.25) is 0 Å². The first-order valence-electron chi connectivity index (χ1n) is 10.6. The number of nitrogens with zero attached hydrogens (tertiary/aromatic N) is 1. The van der Waals surface area contributed by atoms with E-state index in [0.29, 0.717) is 19.3 Å². The zero-order valence-corrected chi connectivity index (χ0v) is 19.5. The minimum atomic E-state index is -3.58. The molecule has 28 heavy (non-hydrogen) atoms. The van der Waals surface area contributed by atoms with E-state index in [9.17, 15) is 13.2 Å². The van der Waals surface area contributed by atoms with E-state index in [4.69, 9.17) is 9.47 Å². The Morgan fingerprint density at radius 3 is 2.14 bits per heavy atom. The summed E-state index contributed by atoms with van der Waals surface area (Å²) in [7, 11) is -3.58. The highest BCUT2D eigenvalue weighted by Gasteiger charge is 2.79. The molecule has 0 N–H and O–H groups in total. The fourth-order valence-electron chi connectivity index (χ4n) is 6.22. The van der Waals surface area contributed by atoms with Crippen molar-refractivity contribution in [2.45, 2.75) is 105 Å². The molecule has 3 aliphatic rings. The van der Waals surface area contributed by atoms with Crippen LogP contribution >= 0.6 is 0 Å². The van der Waals surface area contributed by atoms with E-state index in [1.165, 1.54) is 0 Å². The van der Waals surface area contributed by atoms with Crippen molar-refractivity contribution < 1.29 is 22.7 Å². The van der Waals surface area contributed by atoms with Gasteiger partial charge in [0.05, 0.1) is 11.2 Å². The summed E-state index contributed by atoms with van der Waals surface area (Å²) in [5.41, 5.74) is -2.04. The van der Waals surface area contributed by atoms with Gasteiger partial charge in [0.2, 0.25) is 15.8 Å². The van der Waals surface area contributed by atoms with Crippen LogP contribution in [0.2, 0.25) is 0 Å².